The van der Waals surface area contributed by atoms with E-state index in [0.717, 1.165) is 5.56 Å². The van der Waals surface area contributed by atoms with E-state index in [1.165, 1.54) is 5.06 Å². The van der Waals surface area contributed by atoms with E-state index in [2.05, 4.69) is 0 Å². The third-order valence-electron chi connectivity index (χ3n) is 6.01. The third-order valence-corrected chi connectivity index (χ3v) is 6.56. The molecule has 1 aliphatic rings. The summed E-state index contributed by atoms with van der Waals surface area (Å²) in [5.41, 5.74) is 1.95. The Balaban J connectivity index is 1.45. The van der Waals surface area contributed by atoms with Gasteiger partial charge in [0.15, 0.2) is 0 Å². The number of methoxy groups -OCH3 is 1. The van der Waals surface area contributed by atoms with Crippen molar-refractivity contribution in [3.63, 3.8) is 0 Å². The van der Waals surface area contributed by atoms with Gasteiger partial charge in [0.05, 0.1) is 37.3 Å². The highest BCUT2D eigenvalue weighted by Gasteiger charge is 2.29. The molecule has 0 saturated carbocycles. The second kappa shape index (κ2) is 13.0. The number of amides is 1. The van der Waals surface area contributed by atoms with Gasteiger partial charge in [-0.1, -0.05) is 35.3 Å². The van der Waals surface area contributed by atoms with Crippen LogP contribution in [0.15, 0.2) is 60.7 Å². The zero-order valence-corrected chi connectivity index (χ0v) is 22.2. The number of fused-ring (bicyclic) bond motifs is 1. The summed E-state index contributed by atoms with van der Waals surface area (Å²) < 4.78 is 16.6. The molecule has 0 aliphatic carbocycles. The molecule has 1 unspecified atom stereocenters. The summed E-state index contributed by atoms with van der Waals surface area (Å²) in [5.74, 6) is -0.705. The molecule has 1 atom stereocenters. The van der Waals surface area contributed by atoms with Crippen molar-refractivity contribution in [2.45, 2.75) is 18.8 Å². The van der Waals surface area contributed by atoms with Crippen molar-refractivity contribution < 1.29 is 33.7 Å². The number of carboxylic acids is 1. The van der Waals surface area contributed by atoms with Gasteiger partial charge in [-0.2, -0.15) is 0 Å². The lowest BCUT2D eigenvalue weighted by molar-refractivity contribution is -0.139. The molecule has 1 heterocycles. The first-order valence-electron chi connectivity index (χ1n) is 12.0. The van der Waals surface area contributed by atoms with Crippen molar-refractivity contribution >= 4 is 35.1 Å². The van der Waals surface area contributed by atoms with Crippen molar-refractivity contribution in [2.75, 3.05) is 33.5 Å². The van der Waals surface area contributed by atoms with Gasteiger partial charge in [-0.3, -0.25) is 14.4 Å². The van der Waals surface area contributed by atoms with Crippen LogP contribution in [0.2, 0.25) is 10.0 Å². The van der Waals surface area contributed by atoms with Crippen LogP contribution < -0.4 is 9.47 Å². The van der Waals surface area contributed by atoms with E-state index >= 15 is 0 Å². The van der Waals surface area contributed by atoms with Crippen LogP contribution in [-0.2, 0) is 20.8 Å². The number of benzene rings is 3. The molecule has 1 amide bonds. The predicted molar refractivity (Wildman–Crippen MR) is 142 cm³/mol. The van der Waals surface area contributed by atoms with E-state index in [-0.39, 0.29) is 17.5 Å². The van der Waals surface area contributed by atoms with Gasteiger partial charge < -0.3 is 19.3 Å². The number of hydroxylamine groups is 2. The third kappa shape index (κ3) is 6.96. The fourth-order valence-electron chi connectivity index (χ4n) is 4.00. The Morgan fingerprint density at radius 1 is 1.05 bits per heavy atom. The van der Waals surface area contributed by atoms with Gasteiger partial charge >= 0.3 is 5.97 Å². The van der Waals surface area contributed by atoms with Crippen LogP contribution in [0.4, 0.5) is 0 Å². The van der Waals surface area contributed by atoms with Gasteiger partial charge in [0, 0.05) is 29.3 Å². The Morgan fingerprint density at radius 3 is 2.47 bits per heavy atom. The molecule has 4 rings (SSSR count). The fraction of sp³-hybridized carbons (Fsp3) is 0.286. The van der Waals surface area contributed by atoms with E-state index < -0.39 is 11.9 Å². The minimum absolute atomic E-state index is 0.228. The minimum atomic E-state index is -0.923. The minimum Gasteiger partial charge on any atom is -0.493 e. The standard InChI is InChI=1S/C28H27Cl2NO7/c1-35-14-15-37-31(12-10-18-2-6-20(29)7-3-18)27(32)19-4-8-21(9-5-19)38-26-17-25-23(16-24(26)30)22(28(33)34)11-13-36-25/h2-9,16-17,22H,10-15H2,1H3,(H,33,34). The van der Waals surface area contributed by atoms with Crippen molar-refractivity contribution in [1.29, 1.82) is 0 Å². The monoisotopic (exact) mass is 559 g/mol. The average molecular weight is 560 g/mol. The molecule has 3 aromatic carbocycles. The molecule has 0 fully saturated rings. The lowest BCUT2D eigenvalue weighted by Gasteiger charge is -2.24. The average Bonchev–Trinajstić information content (AvgIpc) is 2.91. The number of hydrogen-bond donors (Lipinski definition) is 1. The van der Waals surface area contributed by atoms with Gasteiger partial charge in [-0.05, 0) is 60.9 Å². The quantitative estimate of drug-likeness (QED) is 0.227. The molecule has 200 valence electrons. The normalized spacial score (nSPS) is 14.3. The molecule has 1 aliphatic heterocycles. The van der Waals surface area contributed by atoms with E-state index in [1.807, 2.05) is 12.1 Å². The van der Waals surface area contributed by atoms with E-state index in [0.29, 0.717) is 66.0 Å². The van der Waals surface area contributed by atoms with Crippen LogP contribution in [-0.4, -0.2) is 55.5 Å². The molecule has 38 heavy (non-hydrogen) atoms. The number of ether oxygens (including phenoxy) is 3. The topological polar surface area (TPSA) is 94.5 Å². The Morgan fingerprint density at radius 2 is 1.79 bits per heavy atom. The number of hydrogen-bond acceptors (Lipinski definition) is 6. The Labute approximate surface area is 230 Å². The second-order valence-corrected chi connectivity index (χ2v) is 9.43. The van der Waals surface area contributed by atoms with E-state index in [9.17, 15) is 14.7 Å². The number of nitrogens with zero attached hydrogens (tertiary/aromatic N) is 1. The molecule has 0 spiro atoms. The summed E-state index contributed by atoms with van der Waals surface area (Å²) in [6, 6.07) is 17.2. The number of rotatable bonds is 11. The highest BCUT2D eigenvalue weighted by Crippen LogP contribution is 2.41. The van der Waals surface area contributed by atoms with E-state index in [1.54, 1.807) is 55.6 Å². The molecule has 0 radical (unpaired) electrons. The smallest absolute Gasteiger partial charge is 0.311 e. The molecule has 0 saturated heterocycles. The van der Waals surface area contributed by atoms with Gasteiger partial charge in [-0.25, -0.2) is 5.06 Å². The summed E-state index contributed by atoms with van der Waals surface area (Å²) in [7, 11) is 1.56. The van der Waals surface area contributed by atoms with Gasteiger partial charge in [0.2, 0.25) is 0 Å². The number of carbonyl (C=O) groups is 2. The van der Waals surface area contributed by atoms with E-state index in [4.69, 9.17) is 42.3 Å². The van der Waals surface area contributed by atoms with Crippen molar-refractivity contribution in [1.82, 2.24) is 5.06 Å². The molecule has 0 bridgehead atoms. The largest absolute Gasteiger partial charge is 0.493 e. The maximum atomic E-state index is 13.2. The Hall–Kier alpha value is -3.30. The number of halogens is 2. The van der Waals surface area contributed by atoms with Gasteiger partial charge in [0.1, 0.15) is 17.2 Å². The molecule has 10 heteroatoms. The predicted octanol–water partition coefficient (Wildman–Crippen LogP) is 6.00. The highest BCUT2D eigenvalue weighted by molar-refractivity contribution is 6.32. The van der Waals surface area contributed by atoms with Gasteiger partial charge in [0.25, 0.3) is 5.91 Å². The Kier molecular flexibility index (Phi) is 9.47. The number of carboxylic acid groups (broad SMARTS) is 1. The number of carbonyl (C=O) groups excluding carboxylic acids is 1. The second-order valence-electron chi connectivity index (χ2n) is 8.58. The van der Waals surface area contributed by atoms with Crippen molar-refractivity contribution in [2.24, 2.45) is 0 Å². The lowest BCUT2D eigenvalue weighted by Crippen LogP contribution is -2.34. The first-order valence-corrected chi connectivity index (χ1v) is 12.8. The first-order chi connectivity index (χ1) is 18.4. The zero-order valence-electron chi connectivity index (χ0n) is 20.7. The van der Waals surface area contributed by atoms with Crippen molar-refractivity contribution in [3.05, 3.63) is 87.4 Å². The molecule has 3 aromatic rings. The zero-order chi connectivity index (χ0) is 27.1. The molecule has 0 aromatic heterocycles. The number of aliphatic carboxylic acids is 1. The van der Waals surface area contributed by atoms with Crippen LogP contribution in [0.1, 0.15) is 33.8 Å². The van der Waals surface area contributed by atoms with Crippen LogP contribution in [0.3, 0.4) is 0 Å². The lowest BCUT2D eigenvalue weighted by atomic mass is 9.93. The summed E-state index contributed by atoms with van der Waals surface area (Å²) in [6.45, 7) is 1.20. The molecular formula is C28H27Cl2NO7. The van der Waals surface area contributed by atoms with Crippen LogP contribution in [0.25, 0.3) is 0 Å². The summed E-state index contributed by atoms with van der Waals surface area (Å²) in [5, 5.41) is 11.7. The summed E-state index contributed by atoms with van der Waals surface area (Å²) in [4.78, 5) is 30.4. The maximum Gasteiger partial charge on any atom is 0.311 e. The Bertz CT molecular complexity index is 1270. The fourth-order valence-corrected chi connectivity index (χ4v) is 4.33. The van der Waals surface area contributed by atoms with Crippen LogP contribution in [0.5, 0.6) is 17.2 Å². The first kappa shape index (κ1) is 27.7. The van der Waals surface area contributed by atoms with Crippen LogP contribution in [0, 0.1) is 0 Å². The summed E-state index contributed by atoms with van der Waals surface area (Å²) in [6.07, 6.45) is 0.957. The van der Waals surface area contributed by atoms with Crippen LogP contribution >= 0.6 is 23.2 Å². The highest BCUT2D eigenvalue weighted by atomic mass is 35.5. The van der Waals surface area contributed by atoms with Gasteiger partial charge in [-0.15, -0.1) is 0 Å². The SMILES string of the molecule is COCCON(CCc1ccc(Cl)cc1)C(=O)c1ccc(Oc2cc3c(cc2Cl)C(C(=O)O)CCO3)cc1. The molecular weight excluding hydrogens is 533 g/mol. The molecule has 1 N–H and O–H groups in total. The van der Waals surface area contributed by atoms with Crippen molar-refractivity contribution in [3.8, 4) is 17.2 Å². The molecule has 8 nitrogen and oxygen atoms in total. The summed E-state index contributed by atoms with van der Waals surface area (Å²) >= 11 is 12.4. The maximum absolute atomic E-state index is 13.2.